The molecule has 2 amide bonds. The maximum Gasteiger partial charge on any atom is 0.309 e. The summed E-state index contributed by atoms with van der Waals surface area (Å²) in [6.07, 6.45) is -0.393. The summed E-state index contributed by atoms with van der Waals surface area (Å²) in [6.45, 7) is 4.39. The first kappa shape index (κ1) is 24.7. The number of aryl methyl sites for hydroxylation is 2. The Hall–Kier alpha value is -2.95. The monoisotopic (exact) mass is 475 g/mol. The molecule has 0 radical (unpaired) electrons. The average molecular weight is 476 g/mol. The van der Waals surface area contributed by atoms with Crippen LogP contribution in [-0.4, -0.2) is 57.6 Å². The summed E-state index contributed by atoms with van der Waals surface area (Å²) in [5.41, 5.74) is 2.65. The molecule has 1 aliphatic rings. The number of rotatable bonds is 7. The average Bonchev–Trinajstić information content (AvgIpc) is 2.82. The van der Waals surface area contributed by atoms with Crippen LogP contribution in [0.5, 0.6) is 5.75 Å². The third-order valence-electron chi connectivity index (χ3n) is 5.34. The Kier molecular flexibility index (Phi) is 8.06. The minimum Gasteiger partial charge on any atom is -0.496 e. The molecule has 1 unspecified atom stereocenters. The van der Waals surface area contributed by atoms with Crippen molar-refractivity contribution in [2.24, 2.45) is 0 Å². The van der Waals surface area contributed by atoms with Crippen LogP contribution < -0.4 is 15.4 Å². The van der Waals surface area contributed by atoms with Crippen LogP contribution in [0.2, 0.25) is 0 Å². The van der Waals surface area contributed by atoms with Gasteiger partial charge in [0.1, 0.15) is 12.0 Å². The number of methoxy groups -OCH3 is 1. The molecule has 0 aromatic heterocycles. The smallest absolute Gasteiger partial charge is 0.309 e. The van der Waals surface area contributed by atoms with Gasteiger partial charge in [0.15, 0.2) is 0 Å². The van der Waals surface area contributed by atoms with Gasteiger partial charge in [-0.2, -0.15) is 4.31 Å². The first-order valence-corrected chi connectivity index (χ1v) is 12.1. The van der Waals surface area contributed by atoms with Crippen LogP contribution in [0.1, 0.15) is 23.1 Å². The number of amides is 2. The summed E-state index contributed by atoms with van der Waals surface area (Å²) in [6, 6.07) is 12.2. The van der Waals surface area contributed by atoms with E-state index in [1.54, 1.807) is 13.0 Å². The highest BCUT2D eigenvalue weighted by atomic mass is 32.2. The Bertz CT molecular complexity index is 1100. The highest BCUT2D eigenvalue weighted by molar-refractivity contribution is 7.89. The van der Waals surface area contributed by atoms with Crippen molar-refractivity contribution in [2.75, 3.05) is 26.8 Å². The van der Waals surface area contributed by atoms with E-state index in [9.17, 15) is 18.0 Å². The second kappa shape index (κ2) is 10.8. The third kappa shape index (κ3) is 6.10. The van der Waals surface area contributed by atoms with Crippen LogP contribution >= 0.6 is 0 Å². The number of sulfonamides is 1. The lowest BCUT2D eigenvalue weighted by Crippen LogP contribution is -2.53. The summed E-state index contributed by atoms with van der Waals surface area (Å²) in [4.78, 5) is 24.5. The van der Waals surface area contributed by atoms with Gasteiger partial charge in [0.05, 0.1) is 25.2 Å². The minimum absolute atomic E-state index is 0.110. The molecule has 0 bridgehead atoms. The fraction of sp³-hybridized carbons (Fsp3) is 0.391. The van der Waals surface area contributed by atoms with Gasteiger partial charge in [-0.25, -0.2) is 8.42 Å². The lowest BCUT2D eigenvalue weighted by Gasteiger charge is -2.34. The fourth-order valence-corrected chi connectivity index (χ4v) is 5.13. The van der Waals surface area contributed by atoms with Gasteiger partial charge in [-0.3, -0.25) is 9.59 Å². The van der Waals surface area contributed by atoms with Gasteiger partial charge >= 0.3 is 11.8 Å². The molecule has 1 aliphatic heterocycles. The van der Waals surface area contributed by atoms with E-state index in [0.29, 0.717) is 24.3 Å². The zero-order valence-corrected chi connectivity index (χ0v) is 19.8. The Morgan fingerprint density at radius 2 is 1.79 bits per heavy atom. The lowest BCUT2D eigenvalue weighted by atomic mass is 10.1. The van der Waals surface area contributed by atoms with Gasteiger partial charge in [0.2, 0.25) is 10.0 Å². The summed E-state index contributed by atoms with van der Waals surface area (Å²) < 4.78 is 38.5. The molecule has 2 aromatic rings. The first-order valence-electron chi connectivity index (χ1n) is 10.6. The number of carbonyl (C=O) groups excluding carboxylic acids is 2. The Morgan fingerprint density at radius 3 is 2.45 bits per heavy atom. The summed E-state index contributed by atoms with van der Waals surface area (Å²) >= 11 is 0. The maximum absolute atomic E-state index is 13.2. The van der Waals surface area contributed by atoms with Gasteiger partial charge in [0.25, 0.3) is 0 Å². The van der Waals surface area contributed by atoms with Gasteiger partial charge in [-0.05, 0) is 49.6 Å². The van der Waals surface area contributed by atoms with Crippen LogP contribution in [0.15, 0.2) is 47.4 Å². The van der Waals surface area contributed by atoms with Gasteiger partial charge < -0.3 is 20.1 Å². The van der Waals surface area contributed by atoms with Crippen LogP contribution in [-0.2, 0) is 30.9 Å². The van der Waals surface area contributed by atoms with Crippen molar-refractivity contribution in [1.82, 2.24) is 14.9 Å². The minimum atomic E-state index is -3.88. The van der Waals surface area contributed by atoms with E-state index in [1.807, 2.05) is 31.2 Å². The Morgan fingerprint density at radius 1 is 1.09 bits per heavy atom. The van der Waals surface area contributed by atoms with Crippen molar-refractivity contribution >= 4 is 21.8 Å². The van der Waals surface area contributed by atoms with E-state index in [4.69, 9.17) is 9.47 Å². The molecule has 1 saturated heterocycles. The van der Waals surface area contributed by atoms with E-state index in [2.05, 4.69) is 10.6 Å². The molecular formula is C23H29N3O6S. The number of hydrogen-bond acceptors (Lipinski definition) is 6. The predicted molar refractivity (Wildman–Crippen MR) is 122 cm³/mol. The van der Waals surface area contributed by atoms with E-state index in [-0.39, 0.29) is 24.5 Å². The number of nitrogens with one attached hydrogen (secondary N) is 2. The second-order valence-corrected chi connectivity index (χ2v) is 9.70. The molecule has 178 valence electrons. The van der Waals surface area contributed by atoms with E-state index >= 15 is 0 Å². The standard InChI is InChI=1S/C23H29N3O6S/c1-16-5-7-18(8-6-16)14-24-22(27)23(28)25-15-21-26(11-4-12-32-21)33(29,30)19-9-10-20(31-3)17(2)13-19/h5-10,13,21H,4,11-12,14-15H2,1-3H3,(H,24,27)(H,25,28). The summed E-state index contributed by atoms with van der Waals surface area (Å²) in [5.74, 6) is -1.06. The molecule has 0 spiro atoms. The quantitative estimate of drug-likeness (QED) is 0.587. The molecular weight excluding hydrogens is 446 g/mol. The molecule has 1 fully saturated rings. The zero-order valence-electron chi connectivity index (χ0n) is 19.0. The summed E-state index contributed by atoms with van der Waals surface area (Å²) in [5, 5.41) is 5.03. The molecule has 9 nitrogen and oxygen atoms in total. The molecule has 2 aromatic carbocycles. The molecule has 10 heteroatoms. The summed E-state index contributed by atoms with van der Waals surface area (Å²) in [7, 11) is -2.36. The Balaban J connectivity index is 1.61. The first-order chi connectivity index (χ1) is 15.7. The van der Waals surface area contributed by atoms with Crippen LogP contribution in [0.3, 0.4) is 0 Å². The molecule has 1 atom stereocenters. The number of carbonyl (C=O) groups is 2. The van der Waals surface area contributed by atoms with Gasteiger partial charge in [-0.1, -0.05) is 29.8 Å². The molecule has 3 rings (SSSR count). The largest absolute Gasteiger partial charge is 0.496 e. The van der Waals surface area contributed by atoms with Crippen molar-refractivity contribution in [1.29, 1.82) is 0 Å². The SMILES string of the molecule is COc1ccc(S(=O)(=O)N2CCCOC2CNC(=O)C(=O)NCc2ccc(C)cc2)cc1C. The number of hydrogen-bond donors (Lipinski definition) is 2. The number of ether oxygens (including phenoxy) is 2. The third-order valence-corrected chi connectivity index (χ3v) is 7.23. The van der Waals surface area contributed by atoms with Crippen molar-refractivity contribution < 1.29 is 27.5 Å². The van der Waals surface area contributed by atoms with Crippen molar-refractivity contribution in [3.8, 4) is 5.75 Å². The highest BCUT2D eigenvalue weighted by Crippen LogP contribution is 2.26. The number of nitrogens with zero attached hydrogens (tertiary/aromatic N) is 1. The van der Waals surface area contributed by atoms with Crippen molar-refractivity contribution in [3.63, 3.8) is 0 Å². The fourth-order valence-electron chi connectivity index (χ4n) is 3.48. The maximum atomic E-state index is 13.2. The molecule has 0 saturated carbocycles. The normalized spacial score (nSPS) is 16.8. The van der Waals surface area contributed by atoms with Crippen molar-refractivity contribution in [3.05, 3.63) is 59.2 Å². The van der Waals surface area contributed by atoms with E-state index < -0.39 is 28.1 Å². The van der Waals surface area contributed by atoms with Crippen LogP contribution in [0, 0.1) is 13.8 Å². The van der Waals surface area contributed by atoms with E-state index in [0.717, 1.165) is 11.1 Å². The predicted octanol–water partition coefficient (Wildman–Crippen LogP) is 1.48. The van der Waals surface area contributed by atoms with Gasteiger partial charge in [-0.15, -0.1) is 0 Å². The molecule has 33 heavy (non-hydrogen) atoms. The van der Waals surface area contributed by atoms with Crippen molar-refractivity contribution in [2.45, 2.75) is 37.9 Å². The van der Waals surface area contributed by atoms with E-state index in [1.165, 1.54) is 23.5 Å². The van der Waals surface area contributed by atoms with Gasteiger partial charge in [0, 0.05) is 13.1 Å². The molecule has 2 N–H and O–H groups in total. The Labute approximate surface area is 194 Å². The highest BCUT2D eigenvalue weighted by Gasteiger charge is 2.35. The molecule has 1 heterocycles. The van der Waals surface area contributed by atoms with Crippen LogP contribution in [0.25, 0.3) is 0 Å². The zero-order chi connectivity index (χ0) is 24.0. The lowest BCUT2D eigenvalue weighted by molar-refractivity contribution is -0.140. The second-order valence-electron chi connectivity index (χ2n) is 7.80. The molecule has 0 aliphatic carbocycles. The van der Waals surface area contributed by atoms with Crippen LogP contribution in [0.4, 0.5) is 0 Å². The topological polar surface area (TPSA) is 114 Å². The number of benzene rings is 2.